The lowest BCUT2D eigenvalue weighted by atomic mass is 10.1. The summed E-state index contributed by atoms with van der Waals surface area (Å²) in [7, 11) is 0. The Labute approximate surface area is 135 Å². The van der Waals surface area contributed by atoms with Gasteiger partial charge in [0.1, 0.15) is 0 Å². The molecule has 1 aromatic heterocycles. The second-order valence-corrected chi connectivity index (χ2v) is 5.33. The van der Waals surface area contributed by atoms with Crippen molar-refractivity contribution in [3.63, 3.8) is 0 Å². The molecule has 0 radical (unpaired) electrons. The van der Waals surface area contributed by atoms with Crippen LogP contribution in [0.1, 0.15) is 58.2 Å². The third-order valence-electron chi connectivity index (χ3n) is 3.16. The fourth-order valence-corrected chi connectivity index (χ4v) is 1.91. The molecule has 8 heteroatoms. The highest BCUT2D eigenvalue weighted by Crippen LogP contribution is 2.11. The van der Waals surface area contributed by atoms with E-state index in [4.69, 9.17) is 9.47 Å². The Balaban J connectivity index is 2.21. The number of aromatic nitrogens is 4. The van der Waals surface area contributed by atoms with Gasteiger partial charge < -0.3 is 9.47 Å². The van der Waals surface area contributed by atoms with Crippen LogP contribution in [0.25, 0.3) is 0 Å². The van der Waals surface area contributed by atoms with Gasteiger partial charge in [0.2, 0.25) is 5.82 Å². The van der Waals surface area contributed by atoms with Crippen LogP contribution in [0.15, 0.2) is 12.2 Å². The minimum Gasteiger partial charge on any atom is -0.462 e. The van der Waals surface area contributed by atoms with Gasteiger partial charge >= 0.3 is 11.9 Å². The van der Waals surface area contributed by atoms with Crippen LogP contribution in [0.3, 0.4) is 0 Å². The molecule has 1 N–H and O–H groups in total. The molecule has 0 bridgehead atoms. The van der Waals surface area contributed by atoms with Crippen LogP contribution in [0.4, 0.5) is 0 Å². The second kappa shape index (κ2) is 10.5. The predicted molar refractivity (Wildman–Crippen MR) is 82.0 cm³/mol. The van der Waals surface area contributed by atoms with E-state index in [9.17, 15) is 9.59 Å². The Morgan fingerprint density at radius 2 is 2.09 bits per heavy atom. The molecule has 0 aliphatic heterocycles. The Morgan fingerprint density at radius 3 is 2.74 bits per heavy atom. The van der Waals surface area contributed by atoms with Crippen LogP contribution in [0.2, 0.25) is 0 Å². The van der Waals surface area contributed by atoms with Crippen LogP contribution in [-0.2, 0) is 25.7 Å². The lowest BCUT2D eigenvalue weighted by Crippen LogP contribution is -2.18. The number of tetrazole rings is 1. The summed E-state index contributed by atoms with van der Waals surface area (Å²) in [6, 6.07) is 0. The summed E-state index contributed by atoms with van der Waals surface area (Å²) in [5, 5.41) is 12.9. The molecule has 0 fully saturated rings. The molecule has 0 saturated heterocycles. The molecule has 23 heavy (non-hydrogen) atoms. The Hall–Kier alpha value is -2.25. The van der Waals surface area contributed by atoms with Crippen molar-refractivity contribution in [2.45, 2.75) is 65.1 Å². The van der Waals surface area contributed by atoms with E-state index in [1.807, 2.05) is 6.92 Å². The number of carbonyl (C=O) groups excluding carboxylic acids is 2. The second-order valence-electron chi connectivity index (χ2n) is 5.33. The van der Waals surface area contributed by atoms with E-state index in [0.717, 1.165) is 19.3 Å². The van der Waals surface area contributed by atoms with Gasteiger partial charge in [-0.05, 0) is 19.8 Å². The quantitative estimate of drug-likeness (QED) is 0.377. The van der Waals surface area contributed by atoms with Crippen LogP contribution >= 0.6 is 0 Å². The molecule has 0 aliphatic rings. The van der Waals surface area contributed by atoms with E-state index in [1.165, 1.54) is 12.8 Å². The number of nitrogens with zero attached hydrogens (tertiary/aromatic N) is 3. The monoisotopic (exact) mass is 324 g/mol. The lowest BCUT2D eigenvalue weighted by Gasteiger charge is -2.13. The Bertz CT molecular complexity index is 502. The van der Waals surface area contributed by atoms with Gasteiger partial charge in [-0.1, -0.05) is 38.0 Å². The molecule has 0 aromatic carbocycles. The standard InChI is InChI=1S/C15H24N4O4/c1-4-5-6-7-8-12(3)23-14(20)9-11(2)15(21)22-10-13-16-18-19-17-13/h12H,2,4-10H2,1,3H3,(H,16,17,18,19)/t12-/m0/s1. The maximum atomic E-state index is 11.8. The van der Waals surface area contributed by atoms with E-state index in [2.05, 4.69) is 34.1 Å². The number of nitrogens with one attached hydrogen (secondary N) is 1. The van der Waals surface area contributed by atoms with Crippen molar-refractivity contribution in [3.8, 4) is 0 Å². The van der Waals surface area contributed by atoms with E-state index >= 15 is 0 Å². The first-order valence-corrected chi connectivity index (χ1v) is 7.79. The third-order valence-corrected chi connectivity index (χ3v) is 3.16. The summed E-state index contributed by atoms with van der Waals surface area (Å²) in [6.07, 6.45) is 4.97. The number of ether oxygens (including phenoxy) is 2. The van der Waals surface area contributed by atoms with E-state index < -0.39 is 11.9 Å². The third kappa shape index (κ3) is 8.08. The van der Waals surface area contributed by atoms with Crippen molar-refractivity contribution in [3.05, 3.63) is 18.0 Å². The molecule has 0 saturated carbocycles. The van der Waals surface area contributed by atoms with Crippen molar-refractivity contribution in [1.82, 2.24) is 20.6 Å². The highest BCUT2D eigenvalue weighted by Gasteiger charge is 2.17. The number of carbonyl (C=O) groups is 2. The largest absolute Gasteiger partial charge is 0.462 e. The van der Waals surface area contributed by atoms with Crippen LogP contribution in [0.5, 0.6) is 0 Å². The molecular formula is C15H24N4O4. The fraction of sp³-hybridized carbons (Fsp3) is 0.667. The van der Waals surface area contributed by atoms with E-state index in [0.29, 0.717) is 0 Å². The first-order valence-electron chi connectivity index (χ1n) is 7.79. The number of hydrogen-bond donors (Lipinski definition) is 1. The zero-order chi connectivity index (χ0) is 17.1. The molecular weight excluding hydrogens is 300 g/mol. The molecule has 0 amide bonds. The van der Waals surface area contributed by atoms with Crippen molar-refractivity contribution in [2.75, 3.05) is 0 Å². The normalized spacial score (nSPS) is 11.7. The molecule has 1 atom stereocenters. The lowest BCUT2D eigenvalue weighted by molar-refractivity contribution is -0.150. The molecule has 1 aromatic rings. The summed E-state index contributed by atoms with van der Waals surface area (Å²) >= 11 is 0. The topological polar surface area (TPSA) is 107 Å². The summed E-state index contributed by atoms with van der Waals surface area (Å²) in [5.74, 6) is -0.911. The van der Waals surface area contributed by atoms with Gasteiger partial charge in [-0.3, -0.25) is 4.79 Å². The van der Waals surface area contributed by atoms with Crippen molar-refractivity contribution in [1.29, 1.82) is 0 Å². The van der Waals surface area contributed by atoms with Gasteiger partial charge in [0.05, 0.1) is 12.5 Å². The highest BCUT2D eigenvalue weighted by atomic mass is 16.5. The fourth-order valence-electron chi connectivity index (χ4n) is 1.91. The SMILES string of the molecule is C=C(CC(=O)O[C@@H](C)CCCCCC)C(=O)OCc1nn[nH]n1. The average Bonchev–Trinajstić information content (AvgIpc) is 3.02. The zero-order valence-electron chi connectivity index (χ0n) is 13.7. The molecule has 0 unspecified atom stereocenters. The number of esters is 2. The zero-order valence-corrected chi connectivity index (χ0v) is 13.7. The molecule has 0 spiro atoms. The molecule has 128 valence electrons. The van der Waals surface area contributed by atoms with Crippen LogP contribution in [-0.4, -0.2) is 38.7 Å². The maximum absolute atomic E-state index is 11.8. The van der Waals surface area contributed by atoms with E-state index in [-0.39, 0.29) is 30.5 Å². The first-order chi connectivity index (χ1) is 11.0. The minimum absolute atomic E-state index is 0.0386. The minimum atomic E-state index is -0.678. The van der Waals surface area contributed by atoms with E-state index in [1.54, 1.807) is 0 Å². The number of rotatable bonds is 11. The van der Waals surface area contributed by atoms with Gasteiger partial charge in [-0.2, -0.15) is 5.21 Å². The van der Waals surface area contributed by atoms with Crippen molar-refractivity contribution < 1.29 is 19.1 Å². The summed E-state index contributed by atoms with van der Waals surface area (Å²) < 4.78 is 10.2. The van der Waals surface area contributed by atoms with Gasteiger partial charge in [-0.25, -0.2) is 4.79 Å². The number of hydrogen-bond acceptors (Lipinski definition) is 7. The summed E-state index contributed by atoms with van der Waals surface area (Å²) in [5.41, 5.74) is 0.0386. The van der Waals surface area contributed by atoms with Crippen LogP contribution in [0, 0.1) is 0 Å². The number of unbranched alkanes of at least 4 members (excludes halogenated alkanes) is 3. The molecule has 1 rings (SSSR count). The Morgan fingerprint density at radius 1 is 1.30 bits per heavy atom. The molecule has 8 nitrogen and oxygen atoms in total. The van der Waals surface area contributed by atoms with Gasteiger partial charge in [0, 0.05) is 5.57 Å². The van der Waals surface area contributed by atoms with Gasteiger partial charge in [0.25, 0.3) is 0 Å². The average molecular weight is 324 g/mol. The van der Waals surface area contributed by atoms with Gasteiger partial charge in [-0.15, -0.1) is 10.2 Å². The Kier molecular flexibility index (Phi) is 8.56. The van der Waals surface area contributed by atoms with Crippen molar-refractivity contribution >= 4 is 11.9 Å². The highest BCUT2D eigenvalue weighted by molar-refractivity contribution is 5.93. The van der Waals surface area contributed by atoms with Gasteiger partial charge in [0.15, 0.2) is 6.61 Å². The smallest absolute Gasteiger partial charge is 0.334 e. The van der Waals surface area contributed by atoms with Crippen LogP contribution < -0.4 is 0 Å². The summed E-state index contributed by atoms with van der Waals surface area (Å²) in [4.78, 5) is 23.4. The predicted octanol–water partition coefficient (Wildman–Crippen LogP) is 2.09. The number of H-pyrrole nitrogens is 1. The first kappa shape index (κ1) is 18.8. The maximum Gasteiger partial charge on any atom is 0.334 e. The molecule has 1 heterocycles. The van der Waals surface area contributed by atoms with Crippen molar-refractivity contribution in [2.24, 2.45) is 0 Å². The molecule has 0 aliphatic carbocycles. The summed E-state index contributed by atoms with van der Waals surface area (Å²) in [6.45, 7) is 7.42. The number of aromatic amines is 1.